The van der Waals surface area contributed by atoms with E-state index in [1.54, 1.807) is 0 Å². The van der Waals surface area contributed by atoms with Crippen LogP contribution in [0.15, 0.2) is 24.3 Å². The van der Waals surface area contributed by atoms with Gasteiger partial charge in [0.25, 0.3) is 0 Å². The van der Waals surface area contributed by atoms with E-state index in [9.17, 15) is 0 Å². The van der Waals surface area contributed by atoms with Crippen LogP contribution in [0.1, 0.15) is 77.2 Å². The Balaban J connectivity index is 1.77. The molecule has 1 fully saturated rings. The molecule has 3 heteroatoms. The maximum Gasteiger partial charge on any atom is 0.165 e. The Morgan fingerprint density at radius 3 is 2.25 bits per heavy atom. The molecule has 0 aromatic heterocycles. The smallest absolute Gasteiger partial charge is 0.165 e. The van der Waals surface area contributed by atoms with Gasteiger partial charge in [0.15, 0.2) is 5.79 Å². The topological polar surface area (TPSA) is 27.7 Å². The number of benzene rings is 1. The predicted octanol–water partition coefficient (Wildman–Crippen LogP) is 5.68. The minimum Gasteiger partial charge on any atom is -0.494 e. The van der Waals surface area contributed by atoms with Crippen molar-refractivity contribution in [1.82, 2.24) is 0 Å². The van der Waals surface area contributed by atoms with Crippen molar-refractivity contribution in [3.63, 3.8) is 0 Å². The van der Waals surface area contributed by atoms with E-state index in [2.05, 4.69) is 45.0 Å². The van der Waals surface area contributed by atoms with Crippen LogP contribution in [0.4, 0.5) is 0 Å². The molecule has 1 saturated heterocycles. The maximum atomic E-state index is 6.07. The van der Waals surface area contributed by atoms with Crippen molar-refractivity contribution in [2.45, 2.75) is 77.4 Å². The highest BCUT2D eigenvalue weighted by atomic mass is 16.7. The zero-order valence-electron chi connectivity index (χ0n) is 15.7. The fourth-order valence-electron chi connectivity index (χ4n) is 3.02. The van der Waals surface area contributed by atoms with E-state index in [0.717, 1.165) is 44.8 Å². The van der Waals surface area contributed by atoms with Crippen LogP contribution < -0.4 is 4.74 Å². The molecule has 0 saturated carbocycles. The van der Waals surface area contributed by atoms with Crippen molar-refractivity contribution in [3.05, 3.63) is 29.8 Å². The molecule has 0 spiro atoms. The zero-order chi connectivity index (χ0) is 17.3. The van der Waals surface area contributed by atoms with Crippen molar-refractivity contribution < 1.29 is 14.2 Å². The van der Waals surface area contributed by atoms with Crippen LogP contribution in [-0.4, -0.2) is 25.6 Å². The normalized spacial score (nSPS) is 24.0. The van der Waals surface area contributed by atoms with Crippen LogP contribution in [-0.2, 0) is 9.47 Å². The van der Waals surface area contributed by atoms with Crippen molar-refractivity contribution in [2.75, 3.05) is 19.8 Å². The van der Waals surface area contributed by atoms with Crippen LogP contribution in [0.5, 0.6) is 5.75 Å². The van der Waals surface area contributed by atoms with Crippen molar-refractivity contribution in [3.8, 4) is 5.75 Å². The lowest BCUT2D eigenvalue weighted by Crippen LogP contribution is -2.40. The number of rotatable bonds is 10. The van der Waals surface area contributed by atoms with Crippen molar-refractivity contribution in [1.29, 1.82) is 0 Å². The maximum absolute atomic E-state index is 6.07. The fraction of sp³-hybridized carbons (Fsp3) is 0.714. The van der Waals surface area contributed by atoms with E-state index >= 15 is 0 Å². The summed E-state index contributed by atoms with van der Waals surface area (Å²) in [5.74, 6) is 0.872. The van der Waals surface area contributed by atoms with E-state index in [0.29, 0.717) is 5.92 Å². The van der Waals surface area contributed by atoms with Gasteiger partial charge in [0, 0.05) is 12.3 Å². The molecule has 1 aromatic carbocycles. The molecule has 0 unspecified atom stereocenters. The zero-order valence-corrected chi connectivity index (χ0v) is 15.7. The molecule has 3 nitrogen and oxygen atoms in total. The van der Waals surface area contributed by atoms with Gasteiger partial charge in [-0.05, 0) is 37.5 Å². The molecule has 1 aliphatic rings. The number of ether oxygens (including phenoxy) is 3. The molecule has 1 aliphatic heterocycles. The Morgan fingerprint density at radius 2 is 1.62 bits per heavy atom. The number of hydrogen-bond donors (Lipinski definition) is 0. The third-order valence-corrected chi connectivity index (χ3v) is 4.78. The average Bonchev–Trinajstić information content (AvgIpc) is 2.61. The highest BCUT2D eigenvalue weighted by Gasteiger charge is 2.33. The second-order valence-corrected chi connectivity index (χ2v) is 7.03. The lowest BCUT2D eigenvalue weighted by atomic mass is 9.98. The Bertz CT molecular complexity index is 447. The summed E-state index contributed by atoms with van der Waals surface area (Å²) >= 11 is 0. The largest absolute Gasteiger partial charge is 0.494 e. The molecule has 1 aromatic rings. The van der Waals surface area contributed by atoms with Crippen molar-refractivity contribution in [2.24, 2.45) is 0 Å². The van der Waals surface area contributed by atoms with Crippen LogP contribution in [0.3, 0.4) is 0 Å². The molecule has 136 valence electrons. The molecular weight excluding hydrogens is 300 g/mol. The van der Waals surface area contributed by atoms with E-state index < -0.39 is 5.79 Å². The monoisotopic (exact) mass is 334 g/mol. The van der Waals surface area contributed by atoms with Crippen LogP contribution in [0, 0.1) is 0 Å². The molecular formula is C21H34O3. The summed E-state index contributed by atoms with van der Waals surface area (Å²) in [6.07, 6.45) is 8.25. The first-order chi connectivity index (χ1) is 11.7. The van der Waals surface area contributed by atoms with E-state index in [4.69, 9.17) is 14.2 Å². The van der Waals surface area contributed by atoms with Gasteiger partial charge in [0.05, 0.1) is 19.8 Å². The molecule has 0 aliphatic carbocycles. The Hall–Kier alpha value is -1.06. The highest BCUT2D eigenvalue weighted by molar-refractivity contribution is 5.29. The third-order valence-electron chi connectivity index (χ3n) is 4.78. The quantitative estimate of drug-likeness (QED) is 0.515. The van der Waals surface area contributed by atoms with E-state index in [-0.39, 0.29) is 0 Å². The average molecular weight is 335 g/mol. The van der Waals surface area contributed by atoms with Crippen molar-refractivity contribution >= 4 is 0 Å². The third kappa shape index (κ3) is 6.10. The minimum absolute atomic E-state index is 0.318. The van der Waals surface area contributed by atoms with Gasteiger partial charge in [-0.25, -0.2) is 0 Å². The van der Waals surface area contributed by atoms with Gasteiger partial charge < -0.3 is 14.2 Å². The first kappa shape index (κ1) is 19.3. The lowest BCUT2D eigenvalue weighted by molar-refractivity contribution is -0.266. The van der Waals surface area contributed by atoms with Gasteiger partial charge in [-0.15, -0.1) is 0 Å². The van der Waals surface area contributed by atoms with Crippen LogP contribution in [0.2, 0.25) is 0 Å². The summed E-state index contributed by atoms with van der Waals surface area (Å²) in [5, 5.41) is 0. The lowest BCUT2D eigenvalue weighted by Gasteiger charge is -2.38. The molecule has 1 heterocycles. The molecule has 0 bridgehead atoms. The summed E-state index contributed by atoms with van der Waals surface area (Å²) < 4.78 is 17.9. The Morgan fingerprint density at radius 1 is 0.958 bits per heavy atom. The van der Waals surface area contributed by atoms with Gasteiger partial charge in [-0.2, -0.15) is 0 Å². The predicted molar refractivity (Wildman–Crippen MR) is 98.7 cm³/mol. The van der Waals surface area contributed by atoms with Gasteiger partial charge in [-0.1, -0.05) is 51.7 Å². The fourth-order valence-corrected chi connectivity index (χ4v) is 3.02. The SMILES string of the molecule is CCCCCCC1(C)OCC(c2ccc(OCCCC)cc2)CO1. The summed E-state index contributed by atoms with van der Waals surface area (Å²) in [5.41, 5.74) is 1.27. The minimum atomic E-state index is -0.395. The second-order valence-electron chi connectivity index (χ2n) is 7.03. The molecule has 0 amide bonds. The second kappa shape index (κ2) is 10.0. The number of hydrogen-bond acceptors (Lipinski definition) is 3. The molecule has 0 atom stereocenters. The van der Waals surface area contributed by atoms with Gasteiger partial charge in [0.2, 0.25) is 0 Å². The molecule has 0 radical (unpaired) electrons. The summed E-state index contributed by atoms with van der Waals surface area (Å²) in [4.78, 5) is 0. The van der Waals surface area contributed by atoms with Crippen LogP contribution >= 0.6 is 0 Å². The summed E-state index contributed by atoms with van der Waals surface area (Å²) in [6.45, 7) is 8.76. The van der Waals surface area contributed by atoms with E-state index in [1.165, 1.54) is 31.2 Å². The Kier molecular flexibility index (Phi) is 8.07. The molecule has 24 heavy (non-hydrogen) atoms. The summed E-state index contributed by atoms with van der Waals surface area (Å²) in [7, 11) is 0. The molecule has 0 N–H and O–H groups in total. The first-order valence-corrected chi connectivity index (χ1v) is 9.67. The summed E-state index contributed by atoms with van der Waals surface area (Å²) in [6, 6.07) is 8.40. The van der Waals surface area contributed by atoms with Crippen LogP contribution in [0.25, 0.3) is 0 Å². The van der Waals surface area contributed by atoms with E-state index in [1.807, 2.05) is 0 Å². The van der Waals surface area contributed by atoms with Gasteiger partial charge in [0.1, 0.15) is 5.75 Å². The van der Waals surface area contributed by atoms with Gasteiger partial charge >= 0.3 is 0 Å². The Labute approximate surface area is 147 Å². The highest BCUT2D eigenvalue weighted by Crippen LogP contribution is 2.31. The standard InChI is InChI=1S/C21H34O3/c1-4-6-8-9-14-21(3)23-16-19(17-24-21)18-10-12-20(13-11-18)22-15-7-5-2/h10-13,19H,4-9,14-17H2,1-3H3. The first-order valence-electron chi connectivity index (χ1n) is 9.67. The number of unbranched alkanes of at least 4 members (excludes halogenated alkanes) is 4. The van der Waals surface area contributed by atoms with Gasteiger partial charge in [-0.3, -0.25) is 0 Å². The molecule has 2 rings (SSSR count).